The average Bonchev–Trinajstić information content (AvgIpc) is 3.47. The SMILES string of the molecule is Cc1cc(NC(=O)CSc2nnc(-c3cccnc3)n2[C@H]2CCCC[C@@H]2C)n(-c2ccccc2)n1. The molecule has 8 nitrogen and oxygen atoms in total. The van der Waals surface area contributed by atoms with E-state index < -0.39 is 0 Å². The summed E-state index contributed by atoms with van der Waals surface area (Å²) in [6.45, 7) is 4.21. The molecule has 1 saturated carbocycles. The Morgan fingerprint density at radius 1 is 1.11 bits per heavy atom. The number of carbonyl (C=O) groups is 1. The van der Waals surface area contributed by atoms with Crippen molar-refractivity contribution in [1.82, 2.24) is 29.5 Å². The molecular weight excluding hydrogens is 458 g/mol. The maximum atomic E-state index is 13.0. The Morgan fingerprint density at radius 3 is 2.71 bits per heavy atom. The van der Waals surface area contributed by atoms with Crippen molar-refractivity contribution < 1.29 is 4.79 Å². The van der Waals surface area contributed by atoms with Gasteiger partial charge in [0.25, 0.3) is 0 Å². The number of pyridine rings is 1. The number of anilines is 1. The molecule has 1 N–H and O–H groups in total. The first-order chi connectivity index (χ1) is 17.1. The van der Waals surface area contributed by atoms with Crippen molar-refractivity contribution in [2.45, 2.75) is 50.7 Å². The molecular formula is C26H29N7OS. The predicted molar refractivity (Wildman–Crippen MR) is 138 cm³/mol. The minimum absolute atomic E-state index is 0.110. The molecule has 1 amide bonds. The van der Waals surface area contributed by atoms with Gasteiger partial charge >= 0.3 is 0 Å². The number of hydrogen-bond acceptors (Lipinski definition) is 6. The molecule has 0 bridgehead atoms. The number of benzene rings is 1. The molecule has 3 aromatic heterocycles. The summed E-state index contributed by atoms with van der Waals surface area (Å²) in [4.78, 5) is 17.2. The molecule has 9 heteroatoms. The second-order valence-electron chi connectivity index (χ2n) is 9.00. The van der Waals surface area contributed by atoms with Crippen LogP contribution in [0.15, 0.2) is 66.1 Å². The largest absolute Gasteiger partial charge is 0.310 e. The van der Waals surface area contributed by atoms with Crippen LogP contribution in [0.5, 0.6) is 0 Å². The zero-order chi connectivity index (χ0) is 24.2. The lowest BCUT2D eigenvalue weighted by molar-refractivity contribution is -0.113. The van der Waals surface area contributed by atoms with E-state index in [4.69, 9.17) is 0 Å². The molecule has 1 aliphatic rings. The first-order valence-electron chi connectivity index (χ1n) is 12.0. The molecule has 2 atom stereocenters. The van der Waals surface area contributed by atoms with E-state index in [0.29, 0.717) is 17.8 Å². The Hall–Kier alpha value is -3.46. The van der Waals surface area contributed by atoms with Crippen molar-refractivity contribution in [1.29, 1.82) is 0 Å². The molecule has 35 heavy (non-hydrogen) atoms. The lowest BCUT2D eigenvalue weighted by Crippen LogP contribution is -2.23. The summed E-state index contributed by atoms with van der Waals surface area (Å²) in [5.41, 5.74) is 2.68. The topological polar surface area (TPSA) is 90.5 Å². The lowest BCUT2D eigenvalue weighted by Gasteiger charge is -2.31. The third-order valence-electron chi connectivity index (χ3n) is 6.41. The molecule has 180 valence electrons. The van der Waals surface area contributed by atoms with Crippen molar-refractivity contribution in [3.63, 3.8) is 0 Å². The summed E-state index contributed by atoms with van der Waals surface area (Å²) in [5, 5.41) is 17.3. The fraction of sp³-hybridized carbons (Fsp3) is 0.346. The molecule has 3 heterocycles. The summed E-state index contributed by atoms with van der Waals surface area (Å²) in [7, 11) is 0. The van der Waals surface area contributed by atoms with E-state index in [2.05, 4.69) is 37.1 Å². The van der Waals surface area contributed by atoms with Crippen molar-refractivity contribution >= 4 is 23.5 Å². The van der Waals surface area contributed by atoms with Crippen LogP contribution in [0.1, 0.15) is 44.3 Å². The summed E-state index contributed by atoms with van der Waals surface area (Å²) < 4.78 is 3.99. The number of hydrogen-bond donors (Lipinski definition) is 1. The van der Waals surface area contributed by atoms with Gasteiger partial charge in [0.1, 0.15) is 5.82 Å². The van der Waals surface area contributed by atoms with Crippen LogP contribution in [0.2, 0.25) is 0 Å². The summed E-state index contributed by atoms with van der Waals surface area (Å²) in [6, 6.07) is 15.9. The third-order valence-corrected chi connectivity index (χ3v) is 7.36. The van der Waals surface area contributed by atoms with Gasteiger partial charge in [0.15, 0.2) is 11.0 Å². The molecule has 0 unspecified atom stereocenters. The third kappa shape index (κ3) is 5.14. The highest BCUT2D eigenvalue weighted by molar-refractivity contribution is 7.99. The number of amides is 1. The molecule has 0 aliphatic heterocycles. The maximum absolute atomic E-state index is 13.0. The van der Waals surface area contributed by atoms with Crippen LogP contribution in [0.4, 0.5) is 5.82 Å². The minimum atomic E-state index is -0.110. The quantitative estimate of drug-likeness (QED) is 0.355. The lowest BCUT2D eigenvalue weighted by atomic mass is 9.85. The Bertz CT molecular complexity index is 1290. The standard InChI is InChI=1S/C26H29N7OS/c1-18-9-6-7-13-22(18)32-25(20-10-8-14-27-16-20)29-30-26(32)35-17-24(34)28-23-15-19(2)31-33(23)21-11-4-3-5-12-21/h3-5,8,10-12,14-16,18,22H,6-7,9,13,17H2,1-2H3,(H,28,34)/t18-,22-/m0/s1. The average molecular weight is 488 g/mol. The van der Waals surface area contributed by atoms with Crippen LogP contribution in [-0.2, 0) is 4.79 Å². The number of nitrogens with one attached hydrogen (secondary N) is 1. The monoisotopic (exact) mass is 487 g/mol. The van der Waals surface area contributed by atoms with E-state index in [1.165, 1.54) is 31.0 Å². The predicted octanol–water partition coefficient (Wildman–Crippen LogP) is 5.32. The van der Waals surface area contributed by atoms with Crippen molar-refractivity contribution in [2.75, 3.05) is 11.1 Å². The number of nitrogens with zero attached hydrogens (tertiary/aromatic N) is 6. The van der Waals surface area contributed by atoms with Gasteiger partial charge in [-0.1, -0.05) is 49.7 Å². The number of rotatable bonds is 7. The van der Waals surface area contributed by atoms with Crippen LogP contribution in [-0.4, -0.2) is 41.2 Å². The Labute approximate surface area is 209 Å². The van der Waals surface area contributed by atoms with Gasteiger partial charge in [0, 0.05) is 30.1 Å². The van der Waals surface area contributed by atoms with Gasteiger partial charge in [0.2, 0.25) is 5.91 Å². The van der Waals surface area contributed by atoms with Crippen molar-refractivity contribution in [3.05, 3.63) is 66.6 Å². The van der Waals surface area contributed by atoms with Crippen LogP contribution in [0.25, 0.3) is 17.1 Å². The highest BCUT2D eigenvalue weighted by atomic mass is 32.2. The van der Waals surface area contributed by atoms with Crippen molar-refractivity contribution in [2.24, 2.45) is 5.92 Å². The number of aromatic nitrogens is 6. The number of aryl methyl sites for hydroxylation is 1. The normalized spacial score (nSPS) is 17.9. The smallest absolute Gasteiger partial charge is 0.236 e. The Morgan fingerprint density at radius 2 is 1.94 bits per heavy atom. The molecule has 0 radical (unpaired) electrons. The molecule has 1 aliphatic carbocycles. The van der Waals surface area contributed by atoms with Crippen LogP contribution >= 0.6 is 11.8 Å². The molecule has 0 saturated heterocycles. The van der Waals surface area contributed by atoms with E-state index in [1.54, 1.807) is 10.9 Å². The highest BCUT2D eigenvalue weighted by Crippen LogP contribution is 2.38. The van der Waals surface area contributed by atoms with Gasteiger partial charge in [-0.15, -0.1) is 10.2 Å². The van der Waals surface area contributed by atoms with Crippen LogP contribution < -0.4 is 5.32 Å². The van der Waals surface area contributed by atoms with Gasteiger partial charge in [-0.25, -0.2) is 4.68 Å². The maximum Gasteiger partial charge on any atom is 0.236 e. The highest BCUT2D eigenvalue weighted by Gasteiger charge is 2.29. The zero-order valence-electron chi connectivity index (χ0n) is 20.0. The Balaban J connectivity index is 1.36. The second kappa shape index (κ2) is 10.4. The first-order valence-corrected chi connectivity index (χ1v) is 13.0. The van der Waals surface area contributed by atoms with Crippen molar-refractivity contribution in [3.8, 4) is 17.1 Å². The van der Waals surface area contributed by atoms with Crippen LogP contribution in [0, 0.1) is 12.8 Å². The molecule has 4 aromatic rings. The molecule has 0 spiro atoms. The minimum Gasteiger partial charge on any atom is -0.310 e. The summed E-state index contributed by atoms with van der Waals surface area (Å²) >= 11 is 1.42. The number of para-hydroxylation sites is 1. The van der Waals surface area contributed by atoms with E-state index >= 15 is 0 Å². The van der Waals surface area contributed by atoms with Gasteiger partial charge < -0.3 is 5.32 Å². The van der Waals surface area contributed by atoms with E-state index in [1.807, 2.05) is 61.7 Å². The van der Waals surface area contributed by atoms with Gasteiger partial charge in [-0.05, 0) is 49.9 Å². The van der Waals surface area contributed by atoms with E-state index in [-0.39, 0.29) is 11.7 Å². The Kier molecular flexibility index (Phi) is 6.94. The number of thioether (sulfide) groups is 1. The zero-order valence-corrected chi connectivity index (χ0v) is 20.8. The first kappa shape index (κ1) is 23.3. The van der Waals surface area contributed by atoms with Gasteiger partial charge in [0.05, 0.1) is 17.1 Å². The van der Waals surface area contributed by atoms with Gasteiger partial charge in [-0.2, -0.15) is 5.10 Å². The fourth-order valence-corrected chi connectivity index (χ4v) is 5.50. The fourth-order valence-electron chi connectivity index (χ4n) is 4.71. The molecule has 1 fully saturated rings. The number of carbonyl (C=O) groups excluding carboxylic acids is 1. The summed E-state index contributed by atoms with van der Waals surface area (Å²) in [6.07, 6.45) is 8.29. The van der Waals surface area contributed by atoms with E-state index in [0.717, 1.165) is 34.3 Å². The molecule has 1 aromatic carbocycles. The molecule has 5 rings (SSSR count). The second-order valence-corrected chi connectivity index (χ2v) is 9.94. The van der Waals surface area contributed by atoms with Gasteiger partial charge in [-0.3, -0.25) is 14.3 Å². The van der Waals surface area contributed by atoms with E-state index in [9.17, 15) is 4.79 Å². The van der Waals surface area contributed by atoms with Crippen LogP contribution in [0.3, 0.4) is 0 Å². The summed E-state index contributed by atoms with van der Waals surface area (Å²) in [5.74, 6) is 2.11.